The van der Waals surface area contributed by atoms with Crippen LogP contribution in [-0.4, -0.2) is 23.8 Å². The number of nitrogens with two attached hydrogens (primary N) is 1. The minimum absolute atomic E-state index is 0.0632. The molecule has 0 spiro atoms. The highest BCUT2D eigenvalue weighted by Crippen LogP contribution is 1.82. The predicted molar refractivity (Wildman–Crippen MR) is 27.8 cm³/mol. The van der Waals surface area contributed by atoms with Gasteiger partial charge in [-0.1, -0.05) is 0 Å². The van der Waals surface area contributed by atoms with E-state index in [0.717, 1.165) is 0 Å². The number of hydrogen-bond donors (Lipinski definition) is 2. The summed E-state index contributed by atoms with van der Waals surface area (Å²) in [6.45, 7) is 0.103. The quantitative estimate of drug-likeness (QED) is 0.393. The third-order valence-corrected chi connectivity index (χ3v) is 0.550. The molecule has 0 rings (SSSR count). The van der Waals surface area contributed by atoms with Gasteiger partial charge in [0, 0.05) is 6.54 Å². The fraction of sp³-hybridized carbons (Fsp3) is 0.500. The highest BCUT2D eigenvalue weighted by Gasteiger charge is 2.04. The summed E-state index contributed by atoms with van der Waals surface area (Å²) in [5.74, 6) is -0.815. The molecule has 0 aromatic carbocycles. The molecule has 0 unspecified atom stereocenters. The largest absolute Gasteiger partial charge is 0.513 e. The maximum atomic E-state index is 10.2. The van der Waals surface area contributed by atoms with Gasteiger partial charge < -0.3 is 15.6 Å². The van der Waals surface area contributed by atoms with Gasteiger partial charge in [0.25, 0.3) is 0 Å². The summed E-state index contributed by atoms with van der Waals surface area (Å²) in [4.78, 5) is 19.8. The topological polar surface area (TPSA) is 89.6 Å². The lowest BCUT2D eigenvalue weighted by atomic mass is 10.4. The van der Waals surface area contributed by atoms with Gasteiger partial charge in [-0.05, 0) is 0 Å². The molecule has 3 N–H and O–H groups in total. The standard InChI is InChI=1S/C4H7NO4/c5-2-1-3(6)9-4(7)8/h1-2,5H2,(H,7,8). The van der Waals surface area contributed by atoms with Crippen LogP contribution < -0.4 is 5.73 Å². The summed E-state index contributed by atoms with van der Waals surface area (Å²) in [5, 5.41) is 7.83. The second kappa shape index (κ2) is 3.85. The van der Waals surface area contributed by atoms with Crippen molar-refractivity contribution in [1.29, 1.82) is 0 Å². The lowest BCUT2D eigenvalue weighted by molar-refractivity contribution is -0.138. The third-order valence-electron chi connectivity index (χ3n) is 0.550. The minimum Gasteiger partial charge on any atom is -0.449 e. The third kappa shape index (κ3) is 4.76. The van der Waals surface area contributed by atoms with Crippen LogP contribution in [0.25, 0.3) is 0 Å². The molecule has 0 amide bonds. The van der Waals surface area contributed by atoms with E-state index in [4.69, 9.17) is 10.8 Å². The Morgan fingerprint density at radius 2 is 2.11 bits per heavy atom. The Kier molecular flexibility index (Phi) is 3.38. The molecule has 5 heteroatoms. The number of carbonyl (C=O) groups is 2. The van der Waals surface area contributed by atoms with Crippen molar-refractivity contribution in [3.05, 3.63) is 0 Å². The highest BCUT2D eigenvalue weighted by molar-refractivity contribution is 5.80. The first-order valence-corrected chi connectivity index (χ1v) is 2.30. The second-order valence-corrected chi connectivity index (χ2v) is 1.28. The Balaban J connectivity index is 3.39. The van der Waals surface area contributed by atoms with E-state index in [2.05, 4.69) is 4.74 Å². The van der Waals surface area contributed by atoms with E-state index in [1.165, 1.54) is 0 Å². The summed E-state index contributed by atoms with van der Waals surface area (Å²) in [6, 6.07) is 0. The van der Waals surface area contributed by atoms with Crippen molar-refractivity contribution < 1.29 is 19.4 Å². The number of carbonyl (C=O) groups excluding carboxylic acids is 1. The molecular weight excluding hydrogens is 126 g/mol. The molecule has 0 aliphatic rings. The average Bonchev–Trinajstić information content (AvgIpc) is 1.63. The van der Waals surface area contributed by atoms with Crippen molar-refractivity contribution >= 4 is 12.1 Å². The lowest BCUT2D eigenvalue weighted by Gasteiger charge is -1.93. The van der Waals surface area contributed by atoms with Crippen LogP contribution >= 0.6 is 0 Å². The van der Waals surface area contributed by atoms with Gasteiger partial charge in [0.05, 0.1) is 6.42 Å². The van der Waals surface area contributed by atoms with Gasteiger partial charge in [0.15, 0.2) is 0 Å². The normalized spacial score (nSPS) is 8.56. The van der Waals surface area contributed by atoms with Crippen LogP contribution in [0.2, 0.25) is 0 Å². The summed E-state index contributed by atoms with van der Waals surface area (Å²) in [6.07, 6.45) is -1.65. The molecule has 0 aromatic rings. The van der Waals surface area contributed by atoms with Crippen molar-refractivity contribution in [3.8, 4) is 0 Å². The maximum Gasteiger partial charge on any atom is 0.513 e. The molecule has 0 aromatic heterocycles. The van der Waals surface area contributed by atoms with E-state index >= 15 is 0 Å². The Hall–Kier alpha value is -1.10. The molecule has 0 bridgehead atoms. The van der Waals surface area contributed by atoms with Crippen LogP contribution in [0, 0.1) is 0 Å². The van der Waals surface area contributed by atoms with Gasteiger partial charge in [-0.2, -0.15) is 0 Å². The van der Waals surface area contributed by atoms with E-state index in [-0.39, 0.29) is 13.0 Å². The molecule has 0 atom stereocenters. The fourth-order valence-electron chi connectivity index (χ4n) is 0.266. The monoisotopic (exact) mass is 133 g/mol. The highest BCUT2D eigenvalue weighted by atomic mass is 16.7. The summed E-state index contributed by atoms with van der Waals surface area (Å²) in [7, 11) is 0. The molecule has 52 valence electrons. The lowest BCUT2D eigenvalue weighted by Crippen LogP contribution is -2.14. The zero-order chi connectivity index (χ0) is 7.28. The Bertz CT molecular complexity index is 122. The Morgan fingerprint density at radius 1 is 1.56 bits per heavy atom. The molecule has 0 heterocycles. The number of rotatable bonds is 2. The van der Waals surface area contributed by atoms with Gasteiger partial charge in [-0.3, -0.25) is 4.79 Å². The van der Waals surface area contributed by atoms with Gasteiger partial charge in [-0.15, -0.1) is 0 Å². The van der Waals surface area contributed by atoms with Crippen molar-refractivity contribution in [2.24, 2.45) is 5.73 Å². The van der Waals surface area contributed by atoms with Gasteiger partial charge in [0.1, 0.15) is 0 Å². The number of ether oxygens (including phenoxy) is 1. The zero-order valence-electron chi connectivity index (χ0n) is 4.66. The van der Waals surface area contributed by atoms with E-state index in [0.29, 0.717) is 0 Å². The van der Waals surface area contributed by atoms with E-state index in [9.17, 15) is 9.59 Å². The zero-order valence-corrected chi connectivity index (χ0v) is 4.66. The smallest absolute Gasteiger partial charge is 0.449 e. The summed E-state index contributed by atoms with van der Waals surface area (Å²) < 4.78 is 3.69. The first kappa shape index (κ1) is 7.90. The summed E-state index contributed by atoms with van der Waals surface area (Å²) >= 11 is 0. The number of hydrogen-bond acceptors (Lipinski definition) is 4. The van der Waals surface area contributed by atoms with Crippen LogP contribution in [0.4, 0.5) is 4.79 Å². The van der Waals surface area contributed by atoms with Crippen molar-refractivity contribution in [1.82, 2.24) is 0 Å². The Labute approximate surface area is 51.4 Å². The molecule has 0 fully saturated rings. The van der Waals surface area contributed by atoms with Crippen LogP contribution in [0.3, 0.4) is 0 Å². The van der Waals surface area contributed by atoms with E-state index < -0.39 is 12.1 Å². The van der Waals surface area contributed by atoms with E-state index in [1.54, 1.807) is 0 Å². The van der Waals surface area contributed by atoms with Crippen molar-refractivity contribution in [3.63, 3.8) is 0 Å². The summed E-state index contributed by atoms with van der Waals surface area (Å²) in [5.41, 5.74) is 4.91. The Morgan fingerprint density at radius 3 is 2.44 bits per heavy atom. The average molecular weight is 133 g/mol. The van der Waals surface area contributed by atoms with Crippen LogP contribution in [-0.2, 0) is 9.53 Å². The van der Waals surface area contributed by atoms with Crippen LogP contribution in [0.15, 0.2) is 0 Å². The van der Waals surface area contributed by atoms with Gasteiger partial charge >= 0.3 is 12.1 Å². The van der Waals surface area contributed by atoms with Crippen molar-refractivity contribution in [2.45, 2.75) is 6.42 Å². The minimum atomic E-state index is -1.59. The molecular formula is C4H7NO4. The first-order chi connectivity index (χ1) is 4.16. The molecule has 0 aliphatic heterocycles. The van der Waals surface area contributed by atoms with E-state index in [1.807, 2.05) is 0 Å². The fourth-order valence-corrected chi connectivity index (χ4v) is 0.266. The SMILES string of the molecule is NCCC(=O)OC(=O)O. The molecule has 0 radical (unpaired) electrons. The molecule has 0 aliphatic carbocycles. The molecule has 0 saturated heterocycles. The number of carboxylic acid groups (broad SMARTS) is 1. The second-order valence-electron chi connectivity index (χ2n) is 1.28. The van der Waals surface area contributed by atoms with Gasteiger partial charge in [0.2, 0.25) is 0 Å². The predicted octanol–water partition coefficient (Wildman–Crippen LogP) is -0.444. The van der Waals surface area contributed by atoms with Crippen molar-refractivity contribution in [2.75, 3.05) is 6.54 Å². The molecule has 5 nitrogen and oxygen atoms in total. The van der Waals surface area contributed by atoms with Crippen LogP contribution in [0.5, 0.6) is 0 Å². The molecule has 0 saturated carbocycles. The number of esters is 1. The maximum absolute atomic E-state index is 10.2. The first-order valence-electron chi connectivity index (χ1n) is 2.30. The van der Waals surface area contributed by atoms with Crippen LogP contribution in [0.1, 0.15) is 6.42 Å². The molecule has 9 heavy (non-hydrogen) atoms. The van der Waals surface area contributed by atoms with Gasteiger partial charge in [-0.25, -0.2) is 4.79 Å².